The first-order valence-corrected chi connectivity index (χ1v) is 14.0. The summed E-state index contributed by atoms with van der Waals surface area (Å²) >= 11 is 0. The highest BCUT2D eigenvalue weighted by Gasteiger charge is 2.65. The summed E-state index contributed by atoms with van der Waals surface area (Å²) in [4.78, 5) is 0. The average molecular weight is 459 g/mol. The molecule has 5 aliphatic rings. The molecule has 4 fully saturated rings. The molecular weight excluding hydrogens is 408 g/mol. The summed E-state index contributed by atoms with van der Waals surface area (Å²) < 4.78 is 6.26. The van der Waals surface area contributed by atoms with Gasteiger partial charge in [-0.3, -0.25) is 0 Å². The molecule has 0 aromatic heterocycles. The van der Waals surface area contributed by atoms with Crippen LogP contribution >= 0.6 is 0 Å². The van der Waals surface area contributed by atoms with Gasteiger partial charge in [-0.25, -0.2) is 0 Å². The second-order valence-electron chi connectivity index (χ2n) is 14.6. The summed E-state index contributed by atoms with van der Waals surface area (Å²) in [5, 5.41) is 21.3. The van der Waals surface area contributed by atoms with E-state index in [1.807, 2.05) is 13.8 Å². The highest BCUT2D eigenvalue weighted by molar-refractivity contribution is 5.32. The molecule has 1 saturated heterocycles. The van der Waals surface area contributed by atoms with Gasteiger partial charge in [-0.05, 0) is 117 Å². The van der Waals surface area contributed by atoms with Crippen LogP contribution in [0.1, 0.15) is 106 Å². The molecule has 3 nitrogen and oxygen atoms in total. The lowest BCUT2D eigenvalue weighted by Gasteiger charge is -2.64. The first-order chi connectivity index (χ1) is 15.2. The van der Waals surface area contributed by atoms with Crippen LogP contribution in [0.3, 0.4) is 0 Å². The van der Waals surface area contributed by atoms with Crippen molar-refractivity contribution < 1.29 is 14.9 Å². The van der Waals surface area contributed by atoms with E-state index in [1.54, 1.807) is 5.57 Å². The Bertz CT molecular complexity index is 800. The monoisotopic (exact) mass is 458 g/mol. The average Bonchev–Trinajstić information content (AvgIpc) is 3.02. The molecule has 5 rings (SSSR count). The third kappa shape index (κ3) is 3.30. The van der Waals surface area contributed by atoms with Gasteiger partial charge in [-0.15, -0.1) is 0 Å². The van der Waals surface area contributed by atoms with E-state index in [-0.39, 0.29) is 23.0 Å². The number of ether oxygens (including phenoxy) is 1. The minimum atomic E-state index is -0.739. The normalized spacial score (nSPS) is 51.8. The summed E-state index contributed by atoms with van der Waals surface area (Å²) in [6, 6.07) is 0. The van der Waals surface area contributed by atoms with Crippen molar-refractivity contribution in [3.05, 3.63) is 11.6 Å². The summed E-state index contributed by atoms with van der Waals surface area (Å²) in [5.41, 5.74) is 1.99. The van der Waals surface area contributed by atoms with Gasteiger partial charge in [0.1, 0.15) is 0 Å². The van der Waals surface area contributed by atoms with Gasteiger partial charge in [-0.2, -0.15) is 0 Å². The van der Waals surface area contributed by atoms with Crippen LogP contribution in [-0.2, 0) is 4.74 Å². The predicted octanol–water partition coefficient (Wildman–Crippen LogP) is 6.52. The molecule has 3 saturated carbocycles. The topological polar surface area (TPSA) is 49.7 Å². The number of allylic oxidation sites excluding steroid dienone is 2. The van der Waals surface area contributed by atoms with Crippen molar-refractivity contribution in [3.8, 4) is 0 Å². The second-order valence-corrected chi connectivity index (χ2v) is 14.6. The van der Waals surface area contributed by atoms with E-state index in [2.05, 4.69) is 40.7 Å². The Morgan fingerprint density at radius 1 is 0.909 bits per heavy atom. The standard InChI is InChI=1S/C30H50O3/c1-26(2)23-10-9-22-21(28(23,5)15-14-24(26)31)13-17-29(6)20(12-16-30(22,29)7)19-8-11-25(33-18-19)27(3,4)32/h13,19-20,22-25,31-32H,8-12,14-18H2,1-7H3/t19-,20-,22?,23+,24-,25+,28+,29+,30+/m0/s1. The van der Waals surface area contributed by atoms with E-state index in [0.29, 0.717) is 28.6 Å². The van der Waals surface area contributed by atoms with Gasteiger partial charge >= 0.3 is 0 Å². The van der Waals surface area contributed by atoms with Crippen LogP contribution in [0.25, 0.3) is 0 Å². The number of rotatable bonds is 2. The first-order valence-electron chi connectivity index (χ1n) is 14.0. The zero-order chi connectivity index (χ0) is 24.0. The van der Waals surface area contributed by atoms with E-state index in [0.717, 1.165) is 31.8 Å². The Balaban J connectivity index is 1.42. The van der Waals surface area contributed by atoms with Crippen molar-refractivity contribution in [3.63, 3.8) is 0 Å². The van der Waals surface area contributed by atoms with E-state index >= 15 is 0 Å². The molecule has 0 aromatic carbocycles. The molecule has 4 aliphatic carbocycles. The Hall–Kier alpha value is -0.380. The number of hydrogen-bond donors (Lipinski definition) is 2. The van der Waals surface area contributed by atoms with E-state index in [1.165, 1.54) is 38.5 Å². The molecular formula is C30H50O3. The molecule has 0 aromatic rings. The Morgan fingerprint density at radius 3 is 2.27 bits per heavy atom. The van der Waals surface area contributed by atoms with Crippen molar-refractivity contribution in [1.82, 2.24) is 0 Å². The number of hydrogen-bond acceptors (Lipinski definition) is 3. The zero-order valence-corrected chi connectivity index (χ0v) is 22.4. The molecule has 1 unspecified atom stereocenters. The van der Waals surface area contributed by atoms with Crippen molar-refractivity contribution in [1.29, 1.82) is 0 Å². The largest absolute Gasteiger partial charge is 0.393 e. The maximum absolute atomic E-state index is 10.8. The van der Waals surface area contributed by atoms with Gasteiger partial charge in [0.15, 0.2) is 0 Å². The van der Waals surface area contributed by atoms with Crippen LogP contribution in [-0.4, -0.2) is 34.6 Å². The fraction of sp³-hybridized carbons (Fsp3) is 0.933. The lowest BCUT2D eigenvalue weighted by Crippen LogP contribution is -2.58. The molecule has 9 atom stereocenters. The minimum absolute atomic E-state index is 0.00906. The highest BCUT2D eigenvalue weighted by atomic mass is 16.5. The SMILES string of the molecule is CC(C)(O)[C@H]1CC[C@H]([C@@H]2CC[C@]3(C)C4CC[C@@H]5C(C)(C)[C@@H](O)CC[C@]5(C)C4=CC[C@]23C)CO1. The Kier molecular flexibility index (Phi) is 5.57. The van der Waals surface area contributed by atoms with Gasteiger partial charge in [0, 0.05) is 0 Å². The molecule has 3 heteroatoms. The van der Waals surface area contributed by atoms with Crippen LogP contribution in [0.2, 0.25) is 0 Å². The maximum Gasteiger partial charge on any atom is 0.0856 e. The summed E-state index contributed by atoms with van der Waals surface area (Å²) in [5.74, 6) is 2.63. The molecule has 1 aliphatic heterocycles. The number of fused-ring (bicyclic) bond motifs is 5. The van der Waals surface area contributed by atoms with Crippen LogP contribution in [0.15, 0.2) is 11.6 Å². The van der Waals surface area contributed by atoms with Gasteiger partial charge in [0.25, 0.3) is 0 Å². The van der Waals surface area contributed by atoms with Gasteiger partial charge in [-0.1, -0.05) is 46.3 Å². The van der Waals surface area contributed by atoms with E-state index in [4.69, 9.17) is 4.74 Å². The van der Waals surface area contributed by atoms with Crippen molar-refractivity contribution in [2.45, 2.75) is 124 Å². The van der Waals surface area contributed by atoms with Crippen LogP contribution in [0, 0.1) is 45.3 Å². The number of aliphatic hydroxyl groups is 2. The van der Waals surface area contributed by atoms with Gasteiger partial charge in [0.05, 0.1) is 24.4 Å². The maximum atomic E-state index is 10.8. The van der Waals surface area contributed by atoms with Crippen LogP contribution in [0.4, 0.5) is 0 Å². The van der Waals surface area contributed by atoms with Gasteiger partial charge < -0.3 is 14.9 Å². The quantitative estimate of drug-likeness (QED) is 0.463. The Morgan fingerprint density at radius 2 is 1.64 bits per heavy atom. The molecule has 1 heterocycles. The number of aliphatic hydroxyl groups excluding tert-OH is 1. The molecule has 0 amide bonds. The fourth-order valence-corrected chi connectivity index (χ4v) is 10.2. The third-order valence-electron chi connectivity index (χ3n) is 12.5. The first kappa shape index (κ1) is 24.3. The zero-order valence-electron chi connectivity index (χ0n) is 22.4. The summed E-state index contributed by atoms with van der Waals surface area (Å²) in [7, 11) is 0. The van der Waals surface area contributed by atoms with Crippen LogP contribution < -0.4 is 0 Å². The molecule has 0 bridgehead atoms. The Labute approximate surface area is 202 Å². The third-order valence-corrected chi connectivity index (χ3v) is 12.5. The lowest BCUT2D eigenvalue weighted by molar-refractivity contribution is -0.143. The summed E-state index contributed by atoms with van der Waals surface area (Å²) in [6.45, 7) is 17.1. The summed E-state index contributed by atoms with van der Waals surface area (Å²) in [6.07, 6.45) is 13.2. The lowest BCUT2D eigenvalue weighted by atomic mass is 9.41. The smallest absolute Gasteiger partial charge is 0.0856 e. The second kappa shape index (κ2) is 7.56. The van der Waals surface area contributed by atoms with Crippen molar-refractivity contribution >= 4 is 0 Å². The molecule has 0 radical (unpaired) electrons. The molecule has 188 valence electrons. The predicted molar refractivity (Wildman–Crippen MR) is 134 cm³/mol. The molecule has 33 heavy (non-hydrogen) atoms. The highest BCUT2D eigenvalue weighted by Crippen LogP contribution is 2.73. The van der Waals surface area contributed by atoms with E-state index < -0.39 is 5.60 Å². The minimum Gasteiger partial charge on any atom is -0.393 e. The van der Waals surface area contributed by atoms with Crippen LogP contribution in [0.5, 0.6) is 0 Å². The fourth-order valence-electron chi connectivity index (χ4n) is 10.2. The van der Waals surface area contributed by atoms with Gasteiger partial charge in [0.2, 0.25) is 0 Å². The molecule has 2 N–H and O–H groups in total. The van der Waals surface area contributed by atoms with Crippen molar-refractivity contribution in [2.24, 2.45) is 45.3 Å². The van der Waals surface area contributed by atoms with Crippen molar-refractivity contribution in [2.75, 3.05) is 6.61 Å². The molecule has 0 spiro atoms. The van der Waals surface area contributed by atoms with E-state index in [9.17, 15) is 10.2 Å².